The van der Waals surface area contributed by atoms with Crippen molar-refractivity contribution >= 4 is 33.7 Å². The van der Waals surface area contributed by atoms with Gasteiger partial charge in [0.15, 0.2) is 0 Å². The van der Waals surface area contributed by atoms with Gasteiger partial charge in [-0.2, -0.15) is 0 Å². The Bertz CT molecular complexity index is 9.51. The van der Waals surface area contributed by atoms with Crippen LogP contribution in [0.3, 0.4) is 0 Å². The van der Waals surface area contributed by atoms with Crippen LogP contribution in [0.25, 0.3) is 0 Å². The van der Waals surface area contributed by atoms with Gasteiger partial charge in [-0.05, 0) is 0 Å². The predicted octanol–water partition coefficient (Wildman–Crippen LogP) is -5.59. The molecule has 40 valence electrons. The average molecular weight is 434 g/mol. The summed E-state index contributed by atoms with van der Waals surface area (Å²) in [6.45, 7) is 0. The Morgan fingerprint density at radius 3 is 0.667 bits per heavy atom. The Labute approximate surface area is 91.6 Å². The summed E-state index contributed by atoms with van der Waals surface area (Å²) in [7, 11) is 0. The second kappa shape index (κ2) is 49.4. The van der Waals surface area contributed by atoms with E-state index >= 15 is 0 Å². The van der Waals surface area contributed by atoms with E-state index < -0.39 is 0 Å². The molecule has 0 atom stereocenters. The van der Waals surface area contributed by atoms with E-state index in [1.54, 1.807) is 0 Å². The van der Waals surface area contributed by atoms with Crippen LogP contribution >= 0.6 is 0 Å². The Hall–Kier alpha value is 2.58. The van der Waals surface area contributed by atoms with Crippen molar-refractivity contribution in [3.8, 4) is 0 Å². The maximum atomic E-state index is 2.31. The van der Waals surface area contributed by atoms with E-state index in [1.165, 1.54) is 0 Å². The van der Waals surface area contributed by atoms with Crippen LogP contribution in [0.4, 0.5) is 0 Å². The van der Waals surface area contributed by atoms with Gasteiger partial charge in [-0.3, -0.25) is 0 Å². The van der Waals surface area contributed by atoms with Crippen molar-refractivity contribution in [1.29, 1.82) is 0 Å². The van der Waals surface area contributed by atoms with Crippen molar-refractivity contribution in [3.63, 3.8) is 0 Å². The van der Waals surface area contributed by atoms with Crippen LogP contribution in [-0.2, 0) is 0 Å². The number of halogens is 2. The second-order valence-electron chi connectivity index (χ2n) is 0. The first-order valence-corrected chi connectivity index (χ1v) is 4.65. The third kappa shape index (κ3) is 30.8. The molecular weight excluding hydrogens is 428 g/mol. The van der Waals surface area contributed by atoms with Gasteiger partial charge in [0.05, 0.1) is 0 Å². The molecule has 0 rings (SSSR count). The van der Waals surface area contributed by atoms with Crippen LogP contribution in [0.2, 0.25) is 11.4 Å². The van der Waals surface area contributed by atoms with Gasteiger partial charge in [0, 0.05) is 0 Å². The molecule has 4 heteroatoms. The van der Waals surface area contributed by atoms with Crippen molar-refractivity contribution in [2.24, 2.45) is 0 Å². The fourth-order valence-corrected chi connectivity index (χ4v) is 0. The first-order chi connectivity index (χ1) is 2.00. The number of hydrogen-bond donors (Lipinski definition) is 0. The molecule has 4 radical (unpaired) electrons. The van der Waals surface area contributed by atoms with Crippen molar-refractivity contribution in [3.05, 3.63) is 0 Å². The van der Waals surface area contributed by atoms with E-state index in [4.69, 9.17) is 0 Å². The van der Waals surface area contributed by atoms with Gasteiger partial charge in [-0.1, -0.05) is 0 Å². The Morgan fingerprint density at radius 2 is 0.667 bits per heavy atom. The zero-order valence-corrected chi connectivity index (χ0v) is 11.7. The molecule has 0 bridgehead atoms. The van der Waals surface area contributed by atoms with E-state index in [1.807, 2.05) is 11.4 Å². The fraction of sp³-hybridized carbons (Fsp3) is 1.00. The van der Waals surface area contributed by atoms with E-state index in [9.17, 15) is 0 Å². The first-order valence-electron chi connectivity index (χ1n) is 0.894. The minimum Gasteiger partial charge on any atom is -1.00 e. The smallest absolute Gasteiger partial charge is 1.00 e. The molecule has 0 aliphatic heterocycles. The van der Waals surface area contributed by atoms with Gasteiger partial charge in [0.2, 0.25) is 0 Å². The molecule has 0 aromatic carbocycles. The zero-order valence-electron chi connectivity index (χ0n) is 3.65. The minimum atomic E-state index is 0. The molecule has 0 saturated heterocycles. The summed E-state index contributed by atoms with van der Waals surface area (Å²) in [5.74, 6) is 0. The molecule has 0 aromatic heterocycles. The van der Waals surface area contributed by atoms with Crippen LogP contribution in [-0.4, -0.2) is 33.7 Å². The largest absolute Gasteiger partial charge is 1.00 e. The summed E-state index contributed by atoms with van der Waals surface area (Å²) >= 11 is 4.62. The molecule has 0 spiro atoms. The predicted molar refractivity (Wildman–Crippen MR) is 23.2 cm³/mol. The molecule has 0 unspecified atom stereocenters. The van der Waals surface area contributed by atoms with Crippen molar-refractivity contribution in [1.82, 2.24) is 0 Å². The van der Waals surface area contributed by atoms with Gasteiger partial charge in [-0.15, -0.1) is 0 Å². The molecule has 0 fully saturated rings. The quantitative estimate of drug-likeness (QED) is 0.264. The van der Waals surface area contributed by atoms with Gasteiger partial charge in [0.25, 0.3) is 0 Å². The third-order valence-corrected chi connectivity index (χ3v) is 0. The summed E-state index contributed by atoms with van der Waals surface area (Å²) in [4.78, 5) is 0. The molecular formula is C2H6As2I2-2. The standard InChI is InChI=1S/2CH3As.2HI/c2*1-2;;/h2*1H3;2*1H/p-2. The van der Waals surface area contributed by atoms with Crippen molar-refractivity contribution < 1.29 is 48.0 Å². The molecule has 0 aliphatic carbocycles. The molecule has 0 N–H and O–H groups in total. The van der Waals surface area contributed by atoms with Crippen LogP contribution < -0.4 is 48.0 Å². The Morgan fingerprint density at radius 1 is 0.667 bits per heavy atom. The Kier molecular flexibility index (Phi) is 193. The summed E-state index contributed by atoms with van der Waals surface area (Å²) in [5, 5.41) is 0. The van der Waals surface area contributed by atoms with Crippen LogP contribution in [0.1, 0.15) is 0 Å². The summed E-state index contributed by atoms with van der Waals surface area (Å²) in [6.07, 6.45) is 0. The molecule has 0 nitrogen and oxygen atoms in total. The van der Waals surface area contributed by atoms with E-state index in [0.29, 0.717) is 0 Å². The van der Waals surface area contributed by atoms with Crippen molar-refractivity contribution in [2.75, 3.05) is 0 Å². The third-order valence-electron chi connectivity index (χ3n) is 0. The zero-order chi connectivity index (χ0) is 4.00. The van der Waals surface area contributed by atoms with Crippen molar-refractivity contribution in [2.45, 2.75) is 11.4 Å². The summed E-state index contributed by atoms with van der Waals surface area (Å²) in [6, 6.07) is 0. The maximum Gasteiger partial charge on any atom is -1.00 e. The first kappa shape index (κ1) is 23.5. The monoisotopic (exact) mass is 434 g/mol. The number of rotatable bonds is 0. The van der Waals surface area contributed by atoms with Gasteiger partial charge >= 0.3 is 45.1 Å². The van der Waals surface area contributed by atoms with Gasteiger partial charge in [0.1, 0.15) is 0 Å². The van der Waals surface area contributed by atoms with Gasteiger partial charge < -0.3 is 48.0 Å². The second-order valence-corrected chi connectivity index (χ2v) is 0. The normalized spacial score (nSPS) is 2.00. The topological polar surface area (TPSA) is 0 Å². The number of hydrogen-bond acceptors (Lipinski definition) is 0. The van der Waals surface area contributed by atoms with E-state index in [0.717, 1.165) is 0 Å². The molecule has 0 saturated carbocycles. The van der Waals surface area contributed by atoms with E-state index in [2.05, 4.69) is 33.7 Å². The minimum absolute atomic E-state index is 0. The van der Waals surface area contributed by atoms with Gasteiger partial charge in [-0.25, -0.2) is 0 Å². The molecule has 0 amide bonds. The molecule has 0 aromatic rings. The summed E-state index contributed by atoms with van der Waals surface area (Å²) < 4.78 is 0. The maximum absolute atomic E-state index is 2.31. The average Bonchev–Trinajstić information content (AvgIpc) is 1.50. The summed E-state index contributed by atoms with van der Waals surface area (Å²) in [5.41, 5.74) is 3.88. The van der Waals surface area contributed by atoms with Crippen LogP contribution in [0.15, 0.2) is 0 Å². The SMILES string of the molecule is C[As].C[As].[I-].[I-]. The van der Waals surface area contributed by atoms with E-state index in [-0.39, 0.29) is 48.0 Å². The molecule has 0 aliphatic rings. The Balaban J connectivity index is -0.00000000500. The van der Waals surface area contributed by atoms with Crippen LogP contribution in [0.5, 0.6) is 0 Å². The molecule has 6 heavy (non-hydrogen) atoms. The van der Waals surface area contributed by atoms with Crippen LogP contribution in [0, 0.1) is 0 Å². The molecule has 0 heterocycles. The fourth-order valence-electron chi connectivity index (χ4n) is 0.